The van der Waals surface area contributed by atoms with E-state index in [4.69, 9.17) is 23.2 Å². The Hall–Kier alpha value is -0.750. The third kappa shape index (κ3) is 3.96. The Kier molecular flexibility index (Phi) is 6.15. The first-order valence-corrected chi connectivity index (χ1v) is 8.43. The number of hydrogen-bond acceptors (Lipinski definition) is 3. The van der Waals surface area contributed by atoms with Crippen LogP contribution in [0.25, 0.3) is 0 Å². The molecule has 3 nitrogen and oxygen atoms in total. The van der Waals surface area contributed by atoms with Gasteiger partial charge in [0.1, 0.15) is 24.1 Å². The number of imidazole rings is 1. The van der Waals surface area contributed by atoms with Crippen LogP contribution in [0.3, 0.4) is 0 Å². The number of benzene rings is 1. The maximum Gasteiger partial charge on any atom is 0.135 e. The number of alkyl halides is 1. The van der Waals surface area contributed by atoms with Crippen LogP contribution in [0.5, 0.6) is 0 Å². The molecule has 7 heteroatoms. The standard InChI is InChI=1S/C15H17Cl2FN2OS/c1-9(2)14-15(20(4-3-18)13(8-21)19-14)22-12-6-10(16)5-11(17)7-12/h5-7,9,21H,3-4,8H2,1-2H3. The van der Waals surface area contributed by atoms with Gasteiger partial charge in [0, 0.05) is 14.9 Å². The van der Waals surface area contributed by atoms with Crippen molar-refractivity contribution in [3.8, 4) is 0 Å². The predicted molar refractivity (Wildman–Crippen MR) is 88.8 cm³/mol. The molecule has 0 saturated heterocycles. The summed E-state index contributed by atoms with van der Waals surface area (Å²) in [4.78, 5) is 5.30. The van der Waals surface area contributed by atoms with E-state index < -0.39 is 6.67 Å². The van der Waals surface area contributed by atoms with E-state index in [2.05, 4.69) is 4.98 Å². The minimum absolute atomic E-state index is 0.156. The van der Waals surface area contributed by atoms with E-state index in [0.717, 1.165) is 15.6 Å². The summed E-state index contributed by atoms with van der Waals surface area (Å²) in [7, 11) is 0. The van der Waals surface area contributed by atoms with Crippen molar-refractivity contribution in [1.29, 1.82) is 0 Å². The molecule has 1 aromatic carbocycles. The van der Waals surface area contributed by atoms with Crippen molar-refractivity contribution in [2.24, 2.45) is 0 Å². The van der Waals surface area contributed by atoms with E-state index in [9.17, 15) is 9.50 Å². The number of halogens is 3. The molecule has 2 rings (SSSR count). The normalized spacial score (nSPS) is 11.4. The Morgan fingerprint density at radius 1 is 1.27 bits per heavy atom. The summed E-state index contributed by atoms with van der Waals surface area (Å²) in [6, 6.07) is 5.26. The lowest BCUT2D eigenvalue weighted by molar-refractivity contribution is 0.261. The fraction of sp³-hybridized carbons (Fsp3) is 0.400. The third-order valence-corrected chi connectivity index (χ3v) is 4.60. The van der Waals surface area contributed by atoms with Gasteiger partial charge in [0.2, 0.25) is 0 Å². The molecule has 1 aromatic heterocycles. The molecular formula is C15H17Cl2FN2OS. The molecule has 0 unspecified atom stereocenters. The average molecular weight is 363 g/mol. The van der Waals surface area contributed by atoms with Gasteiger partial charge in [-0.15, -0.1) is 0 Å². The Morgan fingerprint density at radius 3 is 2.41 bits per heavy atom. The van der Waals surface area contributed by atoms with Gasteiger partial charge >= 0.3 is 0 Å². The van der Waals surface area contributed by atoms with Gasteiger partial charge in [0.15, 0.2) is 0 Å². The van der Waals surface area contributed by atoms with Gasteiger partial charge in [-0.2, -0.15) is 0 Å². The summed E-state index contributed by atoms with van der Waals surface area (Å²) in [6.45, 7) is 3.43. The van der Waals surface area contributed by atoms with Crippen molar-refractivity contribution in [3.05, 3.63) is 39.8 Å². The third-order valence-electron chi connectivity index (χ3n) is 3.07. The van der Waals surface area contributed by atoms with Crippen LogP contribution < -0.4 is 0 Å². The lowest BCUT2D eigenvalue weighted by atomic mass is 10.1. The number of hydrogen-bond donors (Lipinski definition) is 1. The summed E-state index contributed by atoms with van der Waals surface area (Å²) in [5.74, 6) is 0.625. The maximum absolute atomic E-state index is 12.9. The van der Waals surface area contributed by atoms with Crippen LogP contribution in [-0.2, 0) is 13.2 Å². The molecule has 1 heterocycles. The van der Waals surface area contributed by atoms with E-state index in [-0.39, 0.29) is 19.1 Å². The second-order valence-electron chi connectivity index (χ2n) is 5.08. The second-order valence-corrected chi connectivity index (χ2v) is 7.01. The number of rotatable bonds is 6. The Bertz CT molecular complexity index is 641. The number of nitrogens with zero attached hydrogens (tertiary/aromatic N) is 2. The quantitative estimate of drug-likeness (QED) is 0.791. The zero-order valence-corrected chi connectivity index (χ0v) is 14.6. The molecule has 1 N–H and O–H groups in total. The monoisotopic (exact) mass is 362 g/mol. The number of aliphatic hydroxyl groups excluding tert-OH is 1. The highest BCUT2D eigenvalue weighted by Gasteiger charge is 2.20. The van der Waals surface area contributed by atoms with Crippen LogP contribution >= 0.6 is 35.0 Å². The molecular weight excluding hydrogens is 346 g/mol. The number of aromatic nitrogens is 2. The van der Waals surface area contributed by atoms with E-state index in [1.807, 2.05) is 13.8 Å². The molecule has 0 atom stereocenters. The minimum atomic E-state index is -0.523. The van der Waals surface area contributed by atoms with E-state index in [1.54, 1.807) is 22.8 Å². The van der Waals surface area contributed by atoms with Crippen molar-refractivity contribution in [2.45, 2.75) is 42.8 Å². The zero-order chi connectivity index (χ0) is 16.3. The molecule has 0 aliphatic carbocycles. The van der Waals surface area contributed by atoms with Gasteiger partial charge in [-0.3, -0.25) is 0 Å². The van der Waals surface area contributed by atoms with Gasteiger partial charge in [-0.1, -0.05) is 48.8 Å². The molecule has 2 aromatic rings. The van der Waals surface area contributed by atoms with Crippen LogP contribution in [0.1, 0.15) is 31.3 Å². The minimum Gasteiger partial charge on any atom is -0.388 e. The van der Waals surface area contributed by atoms with Crippen LogP contribution in [0.2, 0.25) is 10.0 Å². The Labute approximate surface area is 143 Å². The second kappa shape index (κ2) is 7.68. The van der Waals surface area contributed by atoms with Crippen molar-refractivity contribution < 1.29 is 9.50 Å². The highest BCUT2D eigenvalue weighted by molar-refractivity contribution is 7.99. The first-order valence-electron chi connectivity index (χ1n) is 6.86. The largest absolute Gasteiger partial charge is 0.388 e. The first-order chi connectivity index (χ1) is 10.5. The van der Waals surface area contributed by atoms with Crippen molar-refractivity contribution >= 4 is 35.0 Å². The van der Waals surface area contributed by atoms with E-state index in [1.165, 1.54) is 11.8 Å². The molecule has 22 heavy (non-hydrogen) atoms. The summed E-state index contributed by atoms with van der Waals surface area (Å²) in [5.41, 5.74) is 0.832. The van der Waals surface area contributed by atoms with Crippen LogP contribution in [0, 0.1) is 0 Å². The smallest absolute Gasteiger partial charge is 0.135 e. The molecule has 0 amide bonds. The molecule has 0 spiro atoms. The Morgan fingerprint density at radius 2 is 1.91 bits per heavy atom. The molecule has 120 valence electrons. The van der Waals surface area contributed by atoms with Crippen LogP contribution in [0.15, 0.2) is 28.1 Å². The molecule has 0 radical (unpaired) electrons. The summed E-state index contributed by atoms with van der Waals surface area (Å²) >= 11 is 13.5. The van der Waals surface area contributed by atoms with Crippen molar-refractivity contribution in [1.82, 2.24) is 9.55 Å². The molecule has 0 aliphatic rings. The Balaban J connectivity index is 2.49. The van der Waals surface area contributed by atoms with Gasteiger partial charge in [0.05, 0.1) is 12.2 Å². The van der Waals surface area contributed by atoms with Crippen LogP contribution in [0.4, 0.5) is 4.39 Å². The lowest BCUT2D eigenvalue weighted by Crippen LogP contribution is -2.06. The fourth-order valence-electron chi connectivity index (χ4n) is 2.12. The predicted octanol–water partition coefficient (Wildman–Crippen LogP) is 4.93. The van der Waals surface area contributed by atoms with Crippen LogP contribution in [-0.4, -0.2) is 21.3 Å². The van der Waals surface area contributed by atoms with Gasteiger partial charge in [0.25, 0.3) is 0 Å². The highest BCUT2D eigenvalue weighted by atomic mass is 35.5. The fourth-order valence-corrected chi connectivity index (χ4v) is 4.06. The molecule has 0 fully saturated rings. The maximum atomic E-state index is 12.9. The van der Waals surface area contributed by atoms with Gasteiger partial charge < -0.3 is 9.67 Å². The van der Waals surface area contributed by atoms with E-state index >= 15 is 0 Å². The topological polar surface area (TPSA) is 38.1 Å². The highest BCUT2D eigenvalue weighted by Crippen LogP contribution is 2.37. The summed E-state index contributed by atoms with van der Waals surface area (Å²) in [6.07, 6.45) is 0. The molecule has 0 saturated carbocycles. The van der Waals surface area contributed by atoms with Gasteiger partial charge in [-0.05, 0) is 24.1 Å². The zero-order valence-electron chi connectivity index (χ0n) is 12.3. The SMILES string of the molecule is CC(C)c1nc(CO)n(CCF)c1Sc1cc(Cl)cc(Cl)c1. The molecule has 0 bridgehead atoms. The van der Waals surface area contributed by atoms with E-state index in [0.29, 0.717) is 15.9 Å². The first kappa shape index (κ1) is 17.6. The lowest BCUT2D eigenvalue weighted by Gasteiger charge is -2.11. The molecule has 0 aliphatic heterocycles. The van der Waals surface area contributed by atoms with Crippen molar-refractivity contribution in [2.75, 3.05) is 6.67 Å². The number of aliphatic hydroxyl groups is 1. The van der Waals surface area contributed by atoms with Crippen molar-refractivity contribution in [3.63, 3.8) is 0 Å². The average Bonchev–Trinajstić information content (AvgIpc) is 2.76. The summed E-state index contributed by atoms with van der Waals surface area (Å²) in [5, 5.41) is 11.4. The van der Waals surface area contributed by atoms with Gasteiger partial charge in [-0.25, -0.2) is 9.37 Å². The summed E-state index contributed by atoms with van der Waals surface area (Å²) < 4.78 is 14.6.